The minimum Gasteiger partial charge on any atom is -0.396 e. The number of halogens is 1. The van der Waals surface area contributed by atoms with Gasteiger partial charge >= 0.3 is 0 Å². The van der Waals surface area contributed by atoms with Crippen molar-refractivity contribution in [3.8, 4) is 0 Å². The number of nitro groups is 1. The van der Waals surface area contributed by atoms with Crippen LogP contribution in [0.2, 0.25) is 0 Å². The zero-order valence-electron chi connectivity index (χ0n) is 10.5. The lowest BCUT2D eigenvalue weighted by Crippen LogP contribution is -2.31. The van der Waals surface area contributed by atoms with Gasteiger partial charge in [0, 0.05) is 25.3 Å². The number of hydrogen-bond acceptors (Lipinski definition) is 4. The fourth-order valence-corrected chi connectivity index (χ4v) is 2.59. The van der Waals surface area contributed by atoms with E-state index in [1.54, 1.807) is 12.1 Å². The molecular formula is C13H17BrN2O3. The molecule has 1 saturated carbocycles. The molecule has 1 aromatic carbocycles. The highest BCUT2D eigenvalue weighted by atomic mass is 79.9. The van der Waals surface area contributed by atoms with E-state index >= 15 is 0 Å². The first kappa shape index (κ1) is 14.4. The van der Waals surface area contributed by atoms with Crippen LogP contribution >= 0.6 is 15.9 Å². The zero-order valence-corrected chi connectivity index (χ0v) is 12.1. The van der Waals surface area contributed by atoms with Crippen molar-refractivity contribution in [2.24, 2.45) is 5.92 Å². The molecule has 0 radical (unpaired) electrons. The molecule has 0 bridgehead atoms. The number of aliphatic hydroxyl groups is 1. The summed E-state index contributed by atoms with van der Waals surface area (Å²) in [7, 11) is 0. The minimum absolute atomic E-state index is 0.0874. The van der Waals surface area contributed by atoms with Gasteiger partial charge < -0.3 is 10.4 Å². The van der Waals surface area contributed by atoms with E-state index in [1.165, 1.54) is 12.8 Å². The highest BCUT2D eigenvalue weighted by Gasteiger charge is 2.30. The van der Waals surface area contributed by atoms with Crippen molar-refractivity contribution >= 4 is 21.6 Å². The van der Waals surface area contributed by atoms with E-state index in [0.29, 0.717) is 23.0 Å². The summed E-state index contributed by atoms with van der Waals surface area (Å²) in [6.07, 6.45) is 3.15. The molecule has 1 atom stereocenters. The molecule has 19 heavy (non-hydrogen) atoms. The third-order valence-corrected chi connectivity index (χ3v) is 4.08. The molecule has 2 N–H and O–H groups in total. The maximum Gasteiger partial charge on any atom is 0.283 e. The highest BCUT2D eigenvalue weighted by molar-refractivity contribution is 9.10. The first-order valence-corrected chi connectivity index (χ1v) is 7.18. The molecule has 2 rings (SSSR count). The van der Waals surface area contributed by atoms with Gasteiger partial charge in [0.05, 0.1) is 9.40 Å². The third kappa shape index (κ3) is 3.99. The van der Waals surface area contributed by atoms with Crippen molar-refractivity contribution in [1.82, 2.24) is 5.32 Å². The van der Waals surface area contributed by atoms with Crippen LogP contribution in [0, 0.1) is 16.0 Å². The SMILES string of the molecule is O=[N+]([O-])c1cc(CNC(CCO)C2CC2)ccc1Br. The Kier molecular flexibility index (Phi) is 4.90. The molecule has 1 unspecified atom stereocenters. The molecule has 1 aliphatic carbocycles. The smallest absolute Gasteiger partial charge is 0.283 e. The summed E-state index contributed by atoms with van der Waals surface area (Å²) in [6.45, 7) is 0.768. The Morgan fingerprint density at radius 1 is 1.53 bits per heavy atom. The highest BCUT2D eigenvalue weighted by Crippen LogP contribution is 2.34. The number of hydrogen-bond donors (Lipinski definition) is 2. The number of rotatable bonds is 7. The maximum atomic E-state index is 10.9. The van der Waals surface area contributed by atoms with Crippen LogP contribution in [0.25, 0.3) is 0 Å². The summed E-state index contributed by atoms with van der Waals surface area (Å²) >= 11 is 3.17. The van der Waals surface area contributed by atoms with Crippen LogP contribution in [0.15, 0.2) is 22.7 Å². The second-order valence-corrected chi connectivity index (χ2v) is 5.73. The van der Waals surface area contributed by atoms with Crippen LogP contribution in [0.4, 0.5) is 5.69 Å². The molecule has 1 aliphatic rings. The van der Waals surface area contributed by atoms with Gasteiger partial charge in [-0.2, -0.15) is 0 Å². The Balaban J connectivity index is 1.98. The molecule has 104 valence electrons. The molecule has 0 spiro atoms. The largest absolute Gasteiger partial charge is 0.396 e. The van der Waals surface area contributed by atoms with Gasteiger partial charge in [0.25, 0.3) is 5.69 Å². The van der Waals surface area contributed by atoms with E-state index in [1.807, 2.05) is 6.07 Å². The summed E-state index contributed by atoms with van der Waals surface area (Å²) in [6, 6.07) is 5.47. The van der Waals surface area contributed by atoms with Crippen LogP contribution in [0.3, 0.4) is 0 Å². The summed E-state index contributed by atoms with van der Waals surface area (Å²) < 4.78 is 0.496. The maximum absolute atomic E-state index is 10.9. The van der Waals surface area contributed by atoms with Crippen LogP contribution in [0.5, 0.6) is 0 Å². The molecule has 0 heterocycles. The summed E-state index contributed by atoms with van der Waals surface area (Å²) in [4.78, 5) is 10.5. The lowest BCUT2D eigenvalue weighted by molar-refractivity contribution is -0.385. The number of nitrogens with one attached hydrogen (secondary N) is 1. The quantitative estimate of drug-likeness (QED) is 0.596. The Morgan fingerprint density at radius 2 is 2.26 bits per heavy atom. The van der Waals surface area contributed by atoms with E-state index in [9.17, 15) is 10.1 Å². The first-order chi connectivity index (χ1) is 9.11. The topological polar surface area (TPSA) is 75.4 Å². The molecule has 0 aromatic heterocycles. The van der Waals surface area contributed by atoms with Crippen LogP contribution in [0.1, 0.15) is 24.8 Å². The van der Waals surface area contributed by atoms with E-state index < -0.39 is 0 Å². The van der Waals surface area contributed by atoms with E-state index in [-0.39, 0.29) is 17.2 Å². The van der Waals surface area contributed by atoms with Gasteiger partial charge in [-0.3, -0.25) is 10.1 Å². The lowest BCUT2D eigenvalue weighted by atomic mass is 10.1. The summed E-state index contributed by atoms with van der Waals surface area (Å²) in [5, 5.41) is 23.3. The minimum atomic E-state index is -0.389. The predicted molar refractivity (Wildman–Crippen MR) is 75.9 cm³/mol. The van der Waals surface area contributed by atoms with Gasteiger partial charge in [0.15, 0.2) is 0 Å². The summed E-state index contributed by atoms with van der Waals surface area (Å²) in [5.74, 6) is 0.651. The Bertz CT molecular complexity index is 463. The van der Waals surface area contributed by atoms with Gasteiger partial charge in [-0.25, -0.2) is 0 Å². The Morgan fingerprint density at radius 3 is 2.84 bits per heavy atom. The Hall–Kier alpha value is -0.980. The van der Waals surface area contributed by atoms with Crippen LogP contribution in [-0.4, -0.2) is 22.7 Å². The lowest BCUT2D eigenvalue weighted by Gasteiger charge is -2.17. The van der Waals surface area contributed by atoms with Gasteiger partial charge in [-0.05, 0) is 52.7 Å². The fraction of sp³-hybridized carbons (Fsp3) is 0.538. The molecule has 0 saturated heterocycles. The average Bonchev–Trinajstić information content (AvgIpc) is 3.20. The van der Waals surface area contributed by atoms with E-state index in [2.05, 4.69) is 21.2 Å². The predicted octanol–water partition coefficient (Wildman–Crippen LogP) is 2.61. The molecule has 0 aliphatic heterocycles. The van der Waals surface area contributed by atoms with Gasteiger partial charge in [-0.15, -0.1) is 0 Å². The molecular weight excluding hydrogens is 312 g/mol. The zero-order chi connectivity index (χ0) is 13.8. The molecule has 1 fully saturated rings. The standard InChI is InChI=1S/C13H17BrN2O3/c14-11-4-1-9(7-13(11)16(18)19)8-15-12(5-6-17)10-2-3-10/h1,4,7,10,12,15,17H,2-3,5-6,8H2. The Labute approximate surface area is 120 Å². The van der Waals surface area contributed by atoms with Crippen LogP contribution in [-0.2, 0) is 6.54 Å². The van der Waals surface area contributed by atoms with Crippen LogP contribution < -0.4 is 5.32 Å². The number of benzene rings is 1. The molecule has 0 amide bonds. The van der Waals surface area contributed by atoms with Gasteiger partial charge in [-0.1, -0.05) is 6.07 Å². The third-order valence-electron chi connectivity index (χ3n) is 3.41. The van der Waals surface area contributed by atoms with Crippen molar-refractivity contribution in [2.75, 3.05) is 6.61 Å². The van der Waals surface area contributed by atoms with E-state index in [4.69, 9.17) is 5.11 Å². The molecule has 6 heteroatoms. The number of aliphatic hydroxyl groups excluding tert-OH is 1. The second-order valence-electron chi connectivity index (χ2n) is 4.88. The number of nitro benzene ring substituents is 1. The van der Waals surface area contributed by atoms with E-state index in [0.717, 1.165) is 12.0 Å². The van der Waals surface area contributed by atoms with Crippen molar-refractivity contribution in [3.63, 3.8) is 0 Å². The second kappa shape index (κ2) is 6.45. The fourth-order valence-electron chi connectivity index (χ4n) is 2.20. The van der Waals surface area contributed by atoms with Gasteiger partial charge in [0.2, 0.25) is 0 Å². The van der Waals surface area contributed by atoms with Crippen molar-refractivity contribution in [2.45, 2.75) is 31.8 Å². The van der Waals surface area contributed by atoms with Crippen molar-refractivity contribution < 1.29 is 10.0 Å². The molecule has 1 aromatic rings. The molecule has 5 nitrogen and oxygen atoms in total. The monoisotopic (exact) mass is 328 g/mol. The summed E-state index contributed by atoms with van der Waals surface area (Å²) in [5.41, 5.74) is 0.975. The number of nitrogens with zero attached hydrogens (tertiary/aromatic N) is 1. The van der Waals surface area contributed by atoms with Gasteiger partial charge in [0.1, 0.15) is 0 Å². The van der Waals surface area contributed by atoms with Crippen molar-refractivity contribution in [1.29, 1.82) is 0 Å². The first-order valence-electron chi connectivity index (χ1n) is 6.39. The normalized spacial score (nSPS) is 16.3. The van der Waals surface area contributed by atoms with Crippen molar-refractivity contribution in [3.05, 3.63) is 38.3 Å². The average molecular weight is 329 g/mol.